The van der Waals surface area contributed by atoms with Crippen molar-refractivity contribution in [1.82, 2.24) is 4.57 Å². The van der Waals surface area contributed by atoms with E-state index in [-0.39, 0.29) is 0 Å². The van der Waals surface area contributed by atoms with Crippen LogP contribution in [0.3, 0.4) is 0 Å². The standard InChI is InChI=1S/C48H30N2OS/c1-2-12-32(13-3-1)50-41-19-7-4-14-36(41)37-29-28-34(30-43(37)50)49(42-20-10-18-39-38-15-6-9-23-46(38)52-48(39)42)33-26-24-31(25-27-33)35-17-11-22-45-47(35)40-16-5-8-21-44(40)51-45/h1-30H. The number of hydrogen-bond donors (Lipinski definition) is 0. The predicted octanol–water partition coefficient (Wildman–Crippen LogP) is 14.2. The van der Waals surface area contributed by atoms with Crippen LogP contribution in [0, 0.1) is 0 Å². The molecule has 0 aliphatic rings. The lowest BCUT2D eigenvalue weighted by Gasteiger charge is -2.26. The molecule has 0 saturated heterocycles. The summed E-state index contributed by atoms with van der Waals surface area (Å²) in [4.78, 5) is 2.43. The second-order valence-electron chi connectivity index (χ2n) is 13.3. The van der Waals surface area contributed by atoms with E-state index in [1.807, 2.05) is 23.5 Å². The molecular formula is C48H30N2OS. The van der Waals surface area contributed by atoms with Gasteiger partial charge in [0.2, 0.25) is 0 Å². The van der Waals surface area contributed by atoms with Crippen LogP contribution in [0.4, 0.5) is 17.1 Å². The van der Waals surface area contributed by atoms with Gasteiger partial charge in [-0.3, -0.25) is 0 Å². The number of anilines is 3. The highest BCUT2D eigenvalue weighted by Crippen LogP contribution is 2.46. The van der Waals surface area contributed by atoms with E-state index in [9.17, 15) is 0 Å². The molecule has 0 amide bonds. The van der Waals surface area contributed by atoms with Crippen LogP contribution in [0.5, 0.6) is 0 Å². The Labute approximate surface area is 303 Å². The Hall–Kier alpha value is -6.62. The van der Waals surface area contributed by atoms with Crippen LogP contribution in [-0.4, -0.2) is 4.57 Å². The molecular weight excluding hydrogens is 653 g/mol. The number of thiophene rings is 1. The average Bonchev–Trinajstić information content (AvgIpc) is 3.88. The van der Waals surface area contributed by atoms with Gasteiger partial charge in [-0.05, 0) is 77.9 Å². The summed E-state index contributed by atoms with van der Waals surface area (Å²) in [6.07, 6.45) is 0. The Bertz CT molecular complexity index is 3130. The largest absolute Gasteiger partial charge is 0.456 e. The minimum Gasteiger partial charge on any atom is -0.456 e. The number of nitrogens with zero attached hydrogens (tertiary/aromatic N) is 2. The summed E-state index contributed by atoms with van der Waals surface area (Å²) >= 11 is 1.86. The summed E-state index contributed by atoms with van der Waals surface area (Å²) in [5.74, 6) is 0. The molecule has 0 atom stereocenters. The second kappa shape index (κ2) is 11.5. The van der Waals surface area contributed by atoms with Gasteiger partial charge in [0.05, 0.1) is 21.4 Å². The van der Waals surface area contributed by atoms with Crippen LogP contribution in [-0.2, 0) is 0 Å². The minimum atomic E-state index is 0.906. The maximum absolute atomic E-state index is 6.25. The Morgan fingerprint density at radius 2 is 1.13 bits per heavy atom. The lowest BCUT2D eigenvalue weighted by atomic mass is 9.99. The lowest BCUT2D eigenvalue weighted by molar-refractivity contribution is 0.669. The Kier molecular flexibility index (Phi) is 6.42. The molecule has 52 heavy (non-hydrogen) atoms. The topological polar surface area (TPSA) is 21.3 Å². The molecule has 244 valence electrons. The maximum atomic E-state index is 6.25. The molecule has 11 rings (SSSR count). The second-order valence-corrected chi connectivity index (χ2v) is 14.4. The number of aromatic nitrogens is 1. The van der Waals surface area contributed by atoms with Crippen LogP contribution in [0.15, 0.2) is 186 Å². The van der Waals surface area contributed by atoms with Gasteiger partial charge in [-0.1, -0.05) is 115 Å². The zero-order valence-electron chi connectivity index (χ0n) is 28.0. The van der Waals surface area contributed by atoms with Crippen molar-refractivity contribution >= 4 is 92.3 Å². The summed E-state index contributed by atoms with van der Waals surface area (Å²) in [6, 6.07) is 65.5. The predicted molar refractivity (Wildman–Crippen MR) is 221 cm³/mol. The van der Waals surface area contributed by atoms with E-state index in [2.05, 4.69) is 179 Å². The first-order valence-electron chi connectivity index (χ1n) is 17.6. The van der Waals surface area contributed by atoms with Gasteiger partial charge in [0.25, 0.3) is 0 Å². The molecule has 4 heteroatoms. The van der Waals surface area contributed by atoms with Gasteiger partial charge >= 0.3 is 0 Å². The van der Waals surface area contributed by atoms with E-state index >= 15 is 0 Å². The van der Waals surface area contributed by atoms with Crippen LogP contribution < -0.4 is 4.90 Å². The molecule has 0 aliphatic carbocycles. The van der Waals surface area contributed by atoms with E-state index in [4.69, 9.17) is 4.42 Å². The molecule has 0 bridgehead atoms. The van der Waals surface area contributed by atoms with Crippen molar-refractivity contribution in [2.24, 2.45) is 0 Å². The highest BCUT2D eigenvalue weighted by atomic mass is 32.1. The Balaban J connectivity index is 1.15. The summed E-state index contributed by atoms with van der Waals surface area (Å²) in [5.41, 5.74) is 11.0. The molecule has 11 aromatic rings. The molecule has 3 heterocycles. The number of benzene rings is 8. The smallest absolute Gasteiger partial charge is 0.136 e. The van der Waals surface area contributed by atoms with Crippen molar-refractivity contribution < 1.29 is 4.42 Å². The van der Waals surface area contributed by atoms with Gasteiger partial charge in [0.15, 0.2) is 0 Å². The first-order chi connectivity index (χ1) is 25.8. The highest BCUT2D eigenvalue weighted by molar-refractivity contribution is 7.26. The van der Waals surface area contributed by atoms with Gasteiger partial charge in [-0.2, -0.15) is 0 Å². The molecule has 0 fully saturated rings. The van der Waals surface area contributed by atoms with Gasteiger partial charge < -0.3 is 13.9 Å². The fourth-order valence-corrected chi connectivity index (χ4v) is 9.30. The average molecular weight is 683 g/mol. The first kappa shape index (κ1) is 29.1. The highest BCUT2D eigenvalue weighted by Gasteiger charge is 2.21. The van der Waals surface area contributed by atoms with Gasteiger partial charge in [-0.25, -0.2) is 0 Å². The molecule has 0 spiro atoms. The number of rotatable bonds is 5. The lowest BCUT2D eigenvalue weighted by Crippen LogP contribution is -2.10. The van der Waals surface area contributed by atoms with E-state index in [0.29, 0.717) is 0 Å². The normalized spacial score (nSPS) is 11.8. The number of para-hydroxylation sites is 3. The maximum Gasteiger partial charge on any atom is 0.136 e. The van der Waals surface area contributed by atoms with Gasteiger partial charge in [0, 0.05) is 54.1 Å². The Morgan fingerprint density at radius 3 is 2.02 bits per heavy atom. The van der Waals surface area contributed by atoms with Crippen LogP contribution in [0.25, 0.3) is 80.7 Å². The Morgan fingerprint density at radius 1 is 0.462 bits per heavy atom. The fraction of sp³-hybridized carbons (Fsp3) is 0. The monoisotopic (exact) mass is 682 g/mol. The van der Waals surface area contributed by atoms with Crippen LogP contribution in [0.2, 0.25) is 0 Å². The minimum absolute atomic E-state index is 0.906. The third-order valence-corrected chi connectivity index (χ3v) is 11.6. The third-order valence-electron chi connectivity index (χ3n) is 10.4. The molecule has 0 aliphatic heterocycles. The molecule has 3 aromatic heterocycles. The molecule has 0 N–H and O–H groups in total. The van der Waals surface area contributed by atoms with Crippen molar-refractivity contribution in [2.45, 2.75) is 0 Å². The quantitative estimate of drug-likeness (QED) is 0.180. The van der Waals surface area contributed by atoms with Gasteiger partial charge in [-0.15, -0.1) is 11.3 Å². The molecule has 3 nitrogen and oxygen atoms in total. The molecule has 0 saturated carbocycles. The van der Waals surface area contributed by atoms with Crippen molar-refractivity contribution in [3.8, 4) is 16.8 Å². The van der Waals surface area contributed by atoms with Crippen molar-refractivity contribution in [3.63, 3.8) is 0 Å². The van der Waals surface area contributed by atoms with Crippen LogP contribution >= 0.6 is 11.3 Å². The van der Waals surface area contributed by atoms with Crippen molar-refractivity contribution in [1.29, 1.82) is 0 Å². The molecule has 8 aromatic carbocycles. The molecule has 0 unspecified atom stereocenters. The number of hydrogen-bond acceptors (Lipinski definition) is 3. The zero-order valence-corrected chi connectivity index (χ0v) is 28.8. The zero-order chi connectivity index (χ0) is 34.2. The van der Waals surface area contributed by atoms with E-state index < -0.39 is 0 Å². The first-order valence-corrected chi connectivity index (χ1v) is 18.4. The third kappa shape index (κ3) is 4.38. The SMILES string of the molecule is c1ccc(-n2c3ccccc3c3ccc(N(c4ccc(-c5cccc6oc7ccccc7c56)cc4)c4cccc5c4sc4ccccc45)cc32)cc1. The molecule has 0 radical (unpaired) electrons. The number of furan rings is 1. The van der Waals surface area contributed by atoms with E-state index in [0.717, 1.165) is 50.3 Å². The van der Waals surface area contributed by atoms with Crippen molar-refractivity contribution in [3.05, 3.63) is 182 Å². The summed E-state index contributed by atoms with van der Waals surface area (Å²) in [7, 11) is 0. The summed E-state index contributed by atoms with van der Waals surface area (Å²) in [6.45, 7) is 0. The van der Waals surface area contributed by atoms with Crippen LogP contribution in [0.1, 0.15) is 0 Å². The van der Waals surface area contributed by atoms with E-state index in [1.165, 1.54) is 47.5 Å². The summed E-state index contributed by atoms with van der Waals surface area (Å²) < 4.78 is 11.2. The summed E-state index contributed by atoms with van der Waals surface area (Å²) in [5, 5.41) is 7.34. The fourth-order valence-electron chi connectivity index (χ4n) is 8.09. The van der Waals surface area contributed by atoms with Crippen molar-refractivity contribution in [2.75, 3.05) is 4.90 Å². The van der Waals surface area contributed by atoms with Gasteiger partial charge in [0.1, 0.15) is 11.2 Å². The number of fused-ring (bicyclic) bond motifs is 9. The van der Waals surface area contributed by atoms with E-state index in [1.54, 1.807) is 0 Å².